The molecule has 2 N–H and O–H groups in total. The Morgan fingerprint density at radius 2 is 1.70 bits per heavy atom. The molecule has 0 heterocycles. The SMILES string of the molecule is O=C(Cc1ccc(Cl)cc1)NC(=S)Nc1ccc2c(c1)Cc1ccccc1-2. The average molecular weight is 393 g/mol. The summed E-state index contributed by atoms with van der Waals surface area (Å²) < 4.78 is 0. The van der Waals surface area contributed by atoms with Gasteiger partial charge in [0.15, 0.2) is 5.11 Å². The lowest BCUT2D eigenvalue weighted by molar-refractivity contribution is -0.119. The summed E-state index contributed by atoms with van der Waals surface area (Å²) in [4.78, 5) is 12.2. The zero-order chi connectivity index (χ0) is 18.8. The second-order valence-corrected chi connectivity index (χ2v) is 7.36. The standard InChI is InChI=1S/C22H17ClN2OS/c23-17-7-5-14(6-8-17)11-21(26)25-22(27)24-18-9-10-20-16(13-18)12-15-3-1-2-4-19(15)20/h1-10,13H,11-12H2,(H2,24,25,26,27). The van der Waals surface area contributed by atoms with E-state index in [2.05, 4.69) is 47.0 Å². The summed E-state index contributed by atoms with van der Waals surface area (Å²) in [6, 6.07) is 21.8. The van der Waals surface area contributed by atoms with Crippen LogP contribution in [-0.2, 0) is 17.6 Å². The first kappa shape index (κ1) is 17.7. The Bertz CT molecular complexity index is 1030. The Morgan fingerprint density at radius 1 is 0.963 bits per heavy atom. The van der Waals surface area contributed by atoms with Crippen molar-refractivity contribution in [3.8, 4) is 11.1 Å². The molecule has 5 heteroatoms. The number of hydrogen-bond acceptors (Lipinski definition) is 2. The van der Waals surface area contributed by atoms with E-state index in [-0.39, 0.29) is 12.3 Å². The molecule has 0 spiro atoms. The molecule has 1 amide bonds. The summed E-state index contributed by atoms with van der Waals surface area (Å²) >= 11 is 11.1. The number of halogens is 1. The highest BCUT2D eigenvalue weighted by Gasteiger charge is 2.18. The Labute approximate surface area is 168 Å². The molecule has 3 aromatic carbocycles. The Hall–Kier alpha value is -2.69. The van der Waals surface area contributed by atoms with Crippen LogP contribution in [-0.4, -0.2) is 11.0 Å². The Balaban J connectivity index is 1.38. The van der Waals surface area contributed by atoms with Gasteiger partial charge in [0.05, 0.1) is 6.42 Å². The van der Waals surface area contributed by atoms with Gasteiger partial charge in [0.25, 0.3) is 0 Å². The molecule has 0 saturated heterocycles. The molecule has 0 bridgehead atoms. The Kier molecular flexibility index (Phi) is 4.92. The van der Waals surface area contributed by atoms with E-state index in [4.69, 9.17) is 23.8 Å². The summed E-state index contributed by atoms with van der Waals surface area (Å²) in [6.45, 7) is 0. The maximum atomic E-state index is 12.2. The first-order chi connectivity index (χ1) is 13.1. The number of amides is 1. The molecule has 3 nitrogen and oxygen atoms in total. The molecular weight excluding hydrogens is 376 g/mol. The molecule has 1 aliphatic rings. The number of fused-ring (bicyclic) bond motifs is 3. The fourth-order valence-electron chi connectivity index (χ4n) is 3.34. The van der Waals surface area contributed by atoms with Gasteiger partial charge in [-0.1, -0.05) is 54.1 Å². The van der Waals surface area contributed by atoms with Gasteiger partial charge in [-0.05, 0) is 70.7 Å². The molecule has 0 atom stereocenters. The minimum absolute atomic E-state index is 0.164. The summed E-state index contributed by atoms with van der Waals surface area (Å²) in [7, 11) is 0. The van der Waals surface area contributed by atoms with Crippen LogP contribution in [0.25, 0.3) is 11.1 Å². The number of anilines is 1. The van der Waals surface area contributed by atoms with E-state index in [1.165, 1.54) is 22.3 Å². The molecule has 0 unspecified atom stereocenters. The first-order valence-corrected chi connectivity index (χ1v) is 9.43. The predicted octanol–water partition coefficient (Wildman–Crippen LogP) is 4.97. The smallest absolute Gasteiger partial charge is 0.230 e. The molecule has 4 rings (SSSR count). The maximum absolute atomic E-state index is 12.2. The lowest BCUT2D eigenvalue weighted by Crippen LogP contribution is -2.35. The molecule has 3 aromatic rings. The first-order valence-electron chi connectivity index (χ1n) is 8.65. The van der Waals surface area contributed by atoms with Crippen molar-refractivity contribution in [2.45, 2.75) is 12.8 Å². The number of carbonyl (C=O) groups excluding carboxylic acids is 1. The van der Waals surface area contributed by atoms with Crippen LogP contribution < -0.4 is 10.6 Å². The van der Waals surface area contributed by atoms with Gasteiger partial charge in [0.2, 0.25) is 5.91 Å². The van der Waals surface area contributed by atoms with Crippen LogP contribution in [0.1, 0.15) is 16.7 Å². The van der Waals surface area contributed by atoms with Crippen LogP contribution >= 0.6 is 23.8 Å². The van der Waals surface area contributed by atoms with Gasteiger partial charge in [0, 0.05) is 10.7 Å². The van der Waals surface area contributed by atoms with E-state index in [1.54, 1.807) is 12.1 Å². The molecule has 27 heavy (non-hydrogen) atoms. The molecule has 0 radical (unpaired) electrons. The van der Waals surface area contributed by atoms with Crippen LogP contribution in [0, 0.1) is 0 Å². The van der Waals surface area contributed by atoms with E-state index in [0.717, 1.165) is 17.7 Å². The zero-order valence-electron chi connectivity index (χ0n) is 14.5. The number of nitrogens with one attached hydrogen (secondary N) is 2. The number of hydrogen-bond donors (Lipinski definition) is 2. The summed E-state index contributed by atoms with van der Waals surface area (Å²) in [6.07, 6.45) is 1.16. The van der Waals surface area contributed by atoms with Crippen LogP contribution in [0.15, 0.2) is 66.7 Å². The molecule has 1 aliphatic carbocycles. The molecular formula is C22H17ClN2OS. The summed E-state index contributed by atoms with van der Waals surface area (Å²) in [5.41, 5.74) is 6.90. The van der Waals surface area contributed by atoms with Crippen molar-refractivity contribution >= 4 is 40.5 Å². The van der Waals surface area contributed by atoms with Crippen LogP contribution in [0.5, 0.6) is 0 Å². The zero-order valence-corrected chi connectivity index (χ0v) is 16.0. The Morgan fingerprint density at radius 3 is 2.52 bits per heavy atom. The lowest BCUT2D eigenvalue weighted by Gasteiger charge is -2.11. The topological polar surface area (TPSA) is 41.1 Å². The van der Waals surface area contributed by atoms with Crippen molar-refractivity contribution in [2.24, 2.45) is 0 Å². The van der Waals surface area contributed by atoms with Gasteiger partial charge in [-0.3, -0.25) is 4.79 Å². The minimum Gasteiger partial charge on any atom is -0.332 e. The van der Waals surface area contributed by atoms with Crippen molar-refractivity contribution in [1.29, 1.82) is 0 Å². The average Bonchev–Trinajstić information content (AvgIpc) is 3.01. The number of thiocarbonyl (C=S) groups is 1. The molecule has 0 saturated carbocycles. The van der Waals surface area contributed by atoms with E-state index >= 15 is 0 Å². The van der Waals surface area contributed by atoms with Crippen molar-refractivity contribution < 1.29 is 4.79 Å². The van der Waals surface area contributed by atoms with Gasteiger partial charge in [-0.15, -0.1) is 0 Å². The second-order valence-electron chi connectivity index (χ2n) is 6.51. The number of benzene rings is 3. The summed E-state index contributed by atoms with van der Waals surface area (Å²) in [5.74, 6) is -0.164. The fourth-order valence-corrected chi connectivity index (χ4v) is 3.70. The van der Waals surface area contributed by atoms with Gasteiger partial charge in [-0.2, -0.15) is 0 Å². The fraction of sp³-hybridized carbons (Fsp3) is 0.0909. The normalized spacial score (nSPS) is 11.4. The third kappa shape index (κ3) is 4.02. The van der Waals surface area contributed by atoms with Crippen LogP contribution in [0.2, 0.25) is 5.02 Å². The molecule has 0 aromatic heterocycles. The van der Waals surface area contributed by atoms with Crippen molar-refractivity contribution in [3.63, 3.8) is 0 Å². The van der Waals surface area contributed by atoms with E-state index in [0.29, 0.717) is 10.1 Å². The van der Waals surface area contributed by atoms with Gasteiger partial charge < -0.3 is 10.6 Å². The van der Waals surface area contributed by atoms with Crippen molar-refractivity contribution in [1.82, 2.24) is 5.32 Å². The van der Waals surface area contributed by atoms with E-state index in [9.17, 15) is 4.79 Å². The van der Waals surface area contributed by atoms with E-state index < -0.39 is 0 Å². The van der Waals surface area contributed by atoms with E-state index in [1.807, 2.05) is 18.2 Å². The monoisotopic (exact) mass is 392 g/mol. The minimum atomic E-state index is -0.164. The number of rotatable bonds is 3. The van der Waals surface area contributed by atoms with Crippen molar-refractivity contribution in [2.75, 3.05) is 5.32 Å². The van der Waals surface area contributed by atoms with Gasteiger partial charge >= 0.3 is 0 Å². The summed E-state index contributed by atoms with van der Waals surface area (Å²) in [5, 5.41) is 6.77. The maximum Gasteiger partial charge on any atom is 0.230 e. The molecule has 0 aliphatic heterocycles. The van der Waals surface area contributed by atoms with Crippen molar-refractivity contribution in [3.05, 3.63) is 88.4 Å². The number of carbonyl (C=O) groups is 1. The van der Waals surface area contributed by atoms with Gasteiger partial charge in [-0.25, -0.2) is 0 Å². The van der Waals surface area contributed by atoms with Crippen LogP contribution in [0.3, 0.4) is 0 Å². The predicted molar refractivity (Wildman–Crippen MR) is 114 cm³/mol. The second kappa shape index (κ2) is 7.51. The molecule has 0 fully saturated rings. The third-order valence-electron chi connectivity index (χ3n) is 4.58. The quantitative estimate of drug-likeness (QED) is 0.484. The highest BCUT2D eigenvalue weighted by Crippen LogP contribution is 2.37. The lowest BCUT2D eigenvalue weighted by atomic mass is 10.1. The van der Waals surface area contributed by atoms with Crippen LogP contribution in [0.4, 0.5) is 5.69 Å². The molecule has 134 valence electrons. The highest BCUT2D eigenvalue weighted by atomic mass is 35.5. The highest BCUT2D eigenvalue weighted by molar-refractivity contribution is 7.80. The third-order valence-corrected chi connectivity index (χ3v) is 5.04. The largest absolute Gasteiger partial charge is 0.332 e. The van der Waals surface area contributed by atoms with Gasteiger partial charge in [0.1, 0.15) is 0 Å².